The van der Waals surface area contributed by atoms with E-state index in [0.717, 1.165) is 83.4 Å². The molecule has 0 spiro atoms. The first-order chi connectivity index (χ1) is 20.0. The number of ether oxygens (including phenoxy) is 3. The van der Waals surface area contributed by atoms with Gasteiger partial charge in [-0.25, -0.2) is 9.59 Å². The third-order valence-corrected chi connectivity index (χ3v) is 12.4. The van der Waals surface area contributed by atoms with E-state index in [1.54, 1.807) is 6.08 Å². The van der Waals surface area contributed by atoms with Crippen LogP contribution in [0, 0.1) is 34.5 Å². The molecule has 234 valence electrons. The lowest BCUT2D eigenvalue weighted by atomic mass is 9.43. The summed E-state index contributed by atoms with van der Waals surface area (Å²) in [6.07, 6.45) is 8.16. The van der Waals surface area contributed by atoms with Crippen LogP contribution in [0.3, 0.4) is 0 Å². The lowest BCUT2D eigenvalue weighted by Gasteiger charge is -2.63. The van der Waals surface area contributed by atoms with E-state index in [1.165, 1.54) is 6.92 Å². The predicted octanol–water partition coefficient (Wildman–Crippen LogP) is 2.79. The zero-order chi connectivity index (χ0) is 29.7. The summed E-state index contributed by atoms with van der Waals surface area (Å²) >= 11 is 0. The number of hydrogen-bond donors (Lipinski definition) is 3. The molecule has 10 heteroatoms. The second kappa shape index (κ2) is 11.4. The maximum Gasteiger partial charge on any atom is 0.331 e. The van der Waals surface area contributed by atoms with Crippen molar-refractivity contribution < 1.29 is 33.7 Å². The fourth-order valence-corrected chi connectivity index (χ4v) is 10.3. The number of cyclic esters (lactones) is 1. The van der Waals surface area contributed by atoms with E-state index in [-0.39, 0.29) is 47.9 Å². The molecule has 0 aromatic carbocycles. The van der Waals surface area contributed by atoms with Crippen molar-refractivity contribution in [2.45, 2.75) is 89.9 Å². The highest BCUT2D eigenvalue weighted by atomic mass is 16.5. The van der Waals surface area contributed by atoms with Gasteiger partial charge in [0.1, 0.15) is 12.7 Å². The second-order valence-electron chi connectivity index (χ2n) is 14.4. The molecule has 2 aliphatic heterocycles. The molecule has 2 amide bonds. The number of hydrogen-bond acceptors (Lipinski definition) is 8. The Morgan fingerprint density at radius 2 is 1.90 bits per heavy atom. The number of nitrogens with zero attached hydrogens (tertiary/aromatic N) is 1. The smallest absolute Gasteiger partial charge is 0.331 e. The average molecular weight is 588 g/mol. The van der Waals surface area contributed by atoms with Gasteiger partial charge in [-0.05, 0) is 73.7 Å². The summed E-state index contributed by atoms with van der Waals surface area (Å²) in [6.45, 7) is 11.0. The van der Waals surface area contributed by atoms with Crippen LogP contribution in [0.5, 0.6) is 0 Å². The number of carbonyl (C=O) groups is 3. The first kappa shape index (κ1) is 29.9. The van der Waals surface area contributed by atoms with Gasteiger partial charge < -0.3 is 30.0 Å². The quantitative estimate of drug-likeness (QED) is 0.405. The molecular weight excluding hydrogens is 538 g/mol. The zero-order valence-electron chi connectivity index (χ0n) is 25.5. The van der Waals surface area contributed by atoms with Gasteiger partial charge >= 0.3 is 18.0 Å². The van der Waals surface area contributed by atoms with Gasteiger partial charge in [-0.2, -0.15) is 0 Å². The van der Waals surface area contributed by atoms with E-state index in [9.17, 15) is 19.5 Å². The fraction of sp³-hybridized carbons (Fsp3) is 0.844. The molecule has 5 fully saturated rings. The molecule has 0 aromatic heterocycles. The number of carbonyl (C=O) groups excluding carboxylic acids is 3. The Morgan fingerprint density at radius 3 is 2.62 bits per heavy atom. The Hall–Kier alpha value is -2.17. The Bertz CT molecular complexity index is 1110. The molecule has 10 nitrogen and oxygen atoms in total. The normalized spacial score (nSPS) is 43.3. The van der Waals surface area contributed by atoms with Crippen LogP contribution >= 0.6 is 0 Å². The van der Waals surface area contributed by atoms with Crippen LogP contribution < -0.4 is 10.6 Å². The van der Waals surface area contributed by atoms with Gasteiger partial charge in [0.05, 0.1) is 18.8 Å². The summed E-state index contributed by atoms with van der Waals surface area (Å²) in [5, 5.41) is 19.0. The standard InChI is InChI=1S/C32H49N3O7/c1-20(36)42-26-18-32(39)25-5-4-22-17-23(34-29(38)33-10-11-35-12-14-40-15-13-35)6-8-30(22,2)24(25)7-9-31(32,3)28(26)21-16-27(37)41-19-21/h16,22-26,28,39H,4-15,17-19H2,1-3H3,(H2,33,34,38)/t22-,23+,24+,25-,26+,28+,30+,31-,32+/m1/s1. The molecule has 9 atom stereocenters. The number of rotatable bonds is 6. The SMILES string of the molecule is CC(=O)O[C@H]1C[C@]2(O)[C@@H]3CC[C@@H]4C[C@@H](NC(=O)NCCN5CCOCC5)CC[C@]4(C)[C@H]3CC[C@]2(C)[C@H]1C1=CC(=O)OC1. The first-order valence-electron chi connectivity index (χ1n) is 16.1. The average Bonchev–Trinajstić information content (AvgIpc) is 3.46. The molecule has 6 aliphatic rings. The van der Waals surface area contributed by atoms with Crippen LogP contribution in [-0.4, -0.2) is 91.7 Å². The number of amides is 2. The third-order valence-electron chi connectivity index (χ3n) is 12.4. The van der Waals surface area contributed by atoms with Gasteiger partial charge in [0.25, 0.3) is 0 Å². The molecule has 0 aromatic rings. The summed E-state index contributed by atoms with van der Waals surface area (Å²) in [7, 11) is 0. The number of fused-ring (bicyclic) bond motifs is 5. The van der Waals surface area contributed by atoms with Crippen molar-refractivity contribution in [2.75, 3.05) is 46.0 Å². The summed E-state index contributed by atoms with van der Waals surface area (Å²) in [4.78, 5) is 39.2. The summed E-state index contributed by atoms with van der Waals surface area (Å²) < 4.78 is 16.5. The molecule has 3 N–H and O–H groups in total. The Balaban J connectivity index is 1.12. The van der Waals surface area contributed by atoms with Crippen molar-refractivity contribution in [1.82, 2.24) is 15.5 Å². The van der Waals surface area contributed by atoms with Gasteiger partial charge in [0, 0.05) is 63.0 Å². The summed E-state index contributed by atoms with van der Waals surface area (Å²) in [5.41, 5.74) is -0.560. The van der Waals surface area contributed by atoms with Crippen molar-refractivity contribution in [3.63, 3.8) is 0 Å². The summed E-state index contributed by atoms with van der Waals surface area (Å²) in [6, 6.07) is 0.0847. The largest absolute Gasteiger partial charge is 0.462 e. The first-order valence-corrected chi connectivity index (χ1v) is 16.1. The predicted molar refractivity (Wildman–Crippen MR) is 154 cm³/mol. The van der Waals surface area contributed by atoms with E-state index in [1.807, 2.05) is 0 Å². The van der Waals surface area contributed by atoms with E-state index in [2.05, 4.69) is 29.4 Å². The Kier molecular flexibility index (Phi) is 8.11. The zero-order valence-corrected chi connectivity index (χ0v) is 25.5. The topological polar surface area (TPSA) is 126 Å². The van der Waals surface area contributed by atoms with E-state index >= 15 is 0 Å². The molecule has 6 rings (SSSR count). The number of urea groups is 1. The minimum absolute atomic E-state index is 0.0783. The van der Waals surface area contributed by atoms with Crippen molar-refractivity contribution >= 4 is 18.0 Å². The molecule has 0 radical (unpaired) electrons. The third kappa shape index (κ3) is 5.15. The number of morpholine rings is 1. The van der Waals surface area contributed by atoms with E-state index in [0.29, 0.717) is 24.8 Å². The van der Waals surface area contributed by atoms with Gasteiger partial charge in [0.2, 0.25) is 0 Å². The minimum Gasteiger partial charge on any atom is -0.462 e. The van der Waals surface area contributed by atoms with Gasteiger partial charge in [0.15, 0.2) is 0 Å². The lowest BCUT2D eigenvalue weighted by Crippen LogP contribution is -2.63. The molecule has 4 aliphatic carbocycles. The molecule has 42 heavy (non-hydrogen) atoms. The highest BCUT2D eigenvalue weighted by Gasteiger charge is 2.71. The second-order valence-corrected chi connectivity index (χ2v) is 14.4. The monoisotopic (exact) mass is 587 g/mol. The maximum absolute atomic E-state index is 12.7. The van der Waals surface area contributed by atoms with Crippen LogP contribution in [0.1, 0.15) is 72.1 Å². The minimum atomic E-state index is -0.989. The number of aliphatic hydroxyl groups is 1. The molecule has 4 saturated carbocycles. The van der Waals surface area contributed by atoms with Crippen molar-refractivity contribution in [2.24, 2.45) is 34.5 Å². The van der Waals surface area contributed by atoms with Gasteiger partial charge in [-0.15, -0.1) is 0 Å². The van der Waals surface area contributed by atoms with Crippen molar-refractivity contribution in [1.29, 1.82) is 0 Å². The number of nitrogens with one attached hydrogen (secondary N) is 2. The molecule has 0 bridgehead atoms. The number of esters is 2. The van der Waals surface area contributed by atoms with Crippen LogP contribution in [0.2, 0.25) is 0 Å². The molecular formula is C32H49N3O7. The summed E-state index contributed by atoms with van der Waals surface area (Å²) in [5.74, 6) is 0.0143. The maximum atomic E-state index is 12.7. The van der Waals surface area contributed by atoms with Gasteiger partial charge in [-0.3, -0.25) is 9.69 Å². The highest BCUT2D eigenvalue weighted by Crippen LogP contribution is 2.70. The highest BCUT2D eigenvalue weighted by molar-refractivity contribution is 5.85. The molecule has 0 unspecified atom stereocenters. The van der Waals surface area contributed by atoms with Crippen LogP contribution in [0.4, 0.5) is 4.79 Å². The van der Waals surface area contributed by atoms with Crippen LogP contribution in [-0.2, 0) is 23.8 Å². The molecule has 2 heterocycles. The lowest BCUT2D eigenvalue weighted by molar-refractivity contribution is -0.204. The fourth-order valence-electron chi connectivity index (χ4n) is 10.3. The van der Waals surface area contributed by atoms with Crippen molar-refractivity contribution in [3.8, 4) is 0 Å². The molecule has 1 saturated heterocycles. The van der Waals surface area contributed by atoms with Gasteiger partial charge in [-0.1, -0.05) is 13.8 Å². The van der Waals surface area contributed by atoms with E-state index < -0.39 is 17.1 Å². The Morgan fingerprint density at radius 1 is 1.12 bits per heavy atom. The van der Waals surface area contributed by atoms with E-state index in [4.69, 9.17) is 14.2 Å². The van der Waals surface area contributed by atoms with Crippen LogP contribution in [0.25, 0.3) is 0 Å². The Labute approximate surface area is 249 Å². The van der Waals surface area contributed by atoms with Crippen LogP contribution in [0.15, 0.2) is 11.6 Å². The van der Waals surface area contributed by atoms with Crippen molar-refractivity contribution in [3.05, 3.63) is 11.6 Å².